The van der Waals surface area contributed by atoms with E-state index in [4.69, 9.17) is 11.6 Å². The summed E-state index contributed by atoms with van der Waals surface area (Å²) >= 11 is 6.23. The molecule has 23 heavy (non-hydrogen) atoms. The Bertz CT molecular complexity index is 875. The van der Waals surface area contributed by atoms with Crippen LogP contribution in [0.25, 0.3) is 5.65 Å². The van der Waals surface area contributed by atoms with Gasteiger partial charge in [0, 0.05) is 12.4 Å². The number of carbonyl (C=O) groups is 1. The second kappa shape index (κ2) is 6.05. The molecule has 0 aliphatic carbocycles. The van der Waals surface area contributed by atoms with Gasteiger partial charge in [0.1, 0.15) is 5.65 Å². The average Bonchev–Trinajstić information content (AvgIpc) is 2.86. The number of benzene rings is 1. The van der Waals surface area contributed by atoms with E-state index in [1.807, 2.05) is 61.8 Å². The van der Waals surface area contributed by atoms with Crippen molar-refractivity contribution in [1.82, 2.24) is 9.38 Å². The Morgan fingerprint density at radius 2 is 2.04 bits per heavy atom. The molecule has 0 bridgehead atoms. The Kier molecular flexibility index (Phi) is 4.09. The maximum atomic E-state index is 12.3. The third-order valence-electron chi connectivity index (χ3n) is 3.77. The number of amides is 1. The van der Waals surface area contributed by atoms with E-state index in [-0.39, 0.29) is 12.3 Å². The van der Waals surface area contributed by atoms with Gasteiger partial charge >= 0.3 is 0 Å². The standard InChI is InChI=1S/C18H18ClN3O/c1-11-7-13(3)17(15(19)8-11)21-16(23)9-14-10-22-6-4-5-12(2)18(22)20-14/h4-8,10H,9H2,1-3H3,(H,21,23). The normalized spacial score (nSPS) is 11.0. The number of hydrogen-bond donors (Lipinski definition) is 1. The molecule has 2 aromatic heterocycles. The summed E-state index contributed by atoms with van der Waals surface area (Å²) in [6.45, 7) is 5.91. The van der Waals surface area contributed by atoms with Gasteiger partial charge < -0.3 is 9.72 Å². The molecule has 0 aliphatic rings. The third-order valence-corrected chi connectivity index (χ3v) is 4.06. The molecular formula is C18H18ClN3O. The van der Waals surface area contributed by atoms with Gasteiger partial charge in [-0.3, -0.25) is 4.79 Å². The monoisotopic (exact) mass is 327 g/mol. The molecule has 2 heterocycles. The Morgan fingerprint density at radius 3 is 2.74 bits per heavy atom. The summed E-state index contributed by atoms with van der Waals surface area (Å²) in [7, 11) is 0. The highest BCUT2D eigenvalue weighted by molar-refractivity contribution is 6.34. The molecule has 1 aromatic carbocycles. The van der Waals surface area contributed by atoms with Crippen molar-refractivity contribution in [3.8, 4) is 0 Å². The molecule has 0 saturated heterocycles. The Labute approximate surface area is 140 Å². The molecule has 0 unspecified atom stereocenters. The highest BCUT2D eigenvalue weighted by atomic mass is 35.5. The van der Waals surface area contributed by atoms with Gasteiger partial charge in [-0.25, -0.2) is 4.98 Å². The van der Waals surface area contributed by atoms with Crippen LogP contribution in [0.15, 0.2) is 36.7 Å². The van der Waals surface area contributed by atoms with Gasteiger partial charge in [0.05, 0.1) is 22.8 Å². The minimum absolute atomic E-state index is 0.125. The van der Waals surface area contributed by atoms with E-state index in [1.54, 1.807) is 0 Å². The van der Waals surface area contributed by atoms with Crippen LogP contribution < -0.4 is 5.32 Å². The van der Waals surface area contributed by atoms with Crippen molar-refractivity contribution in [2.45, 2.75) is 27.2 Å². The summed E-state index contributed by atoms with van der Waals surface area (Å²) in [6, 6.07) is 7.80. The number of imidazole rings is 1. The quantitative estimate of drug-likeness (QED) is 0.787. The minimum Gasteiger partial charge on any atom is -0.324 e. The molecule has 3 aromatic rings. The van der Waals surface area contributed by atoms with Crippen LogP contribution in [-0.2, 0) is 11.2 Å². The lowest BCUT2D eigenvalue weighted by atomic mass is 10.1. The van der Waals surface area contributed by atoms with E-state index >= 15 is 0 Å². The highest BCUT2D eigenvalue weighted by Crippen LogP contribution is 2.27. The van der Waals surface area contributed by atoms with Gasteiger partial charge in [-0.15, -0.1) is 0 Å². The van der Waals surface area contributed by atoms with E-state index in [1.165, 1.54) is 0 Å². The lowest BCUT2D eigenvalue weighted by molar-refractivity contribution is -0.115. The van der Waals surface area contributed by atoms with Crippen molar-refractivity contribution in [2.24, 2.45) is 0 Å². The summed E-state index contributed by atoms with van der Waals surface area (Å²) < 4.78 is 1.93. The maximum Gasteiger partial charge on any atom is 0.230 e. The first-order valence-corrected chi connectivity index (χ1v) is 7.81. The molecule has 0 spiro atoms. The summed E-state index contributed by atoms with van der Waals surface area (Å²) in [5.41, 5.74) is 5.38. The fourth-order valence-corrected chi connectivity index (χ4v) is 3.08. The smallest absolute Gasteiger partial charge is 0.230 e. The van der Waals surface area contributed by atoms with Gasteiger partial charge in [0.25, 0.3) is 0 Å². The maximum absolute atomic E-state index is 12.3. The number of aromatic nitrogens is 2. The van der Waals surface area contributed by atoms with Gasteiger partial charge in [0.2, 0.25) is 5.91 Å². The first-order valence-electron chi connectivity index (χ1n) is 7.44. The molecule has 0 atom stereocenters. The van der Waals surface area contributed by atoms with Crippen LogP contribution in [0.4, 0.5) is 5.69 Å². The van der Waals surface area contributed by atoms with Crippen molar-refractivity contribution in [1.29, 1.82) is 0 Å². The van der Waals surface area contributed by atoms with Crippen molar-refractivity contribution in [3.63, 3.8) is 0 Å². The number of nitrogens with one attached hydrogen (secondary N) is 1. The van der Waals surface area contributed by atoms with Crippen LogP contribution in [0.2, 0.25) is 5.02 Å². The molecule has 1 amide bonds. The highest BCUT2D eigenvalue weighted by Gasteiger charge is 2.12. The fraction of sp³-hybridized carbons (Fsp3) is 0.222. The number of nitrogens with zero attached hydrogens (tertiary/aromatic N) is 2. The molecule has 1 N–H and O–H groups in total. The number of anilines is 1. The molecule has 0 fully saturated rings. The van der Waals surface area contributed by atoms with Crippen LogP contribution in [0.5, 0.6) is 0 Å². The molecule has 0 saturated carbocycles. The van der Waals surface area contributed by atoms with Gasteiger partial charge in [-0.05, 0) is 49.6 Å². The molecule has 118 valence electrons. The minimum atomic E-state index is -0.125. The predicted octanol–water partition coefficient (Wildman–Crippen LogP) is 4.09. The van der Waals surface area contributed by atoms with E-state index in [2.05, 4.69) is 10.3 Å². The number of pyridine rings is 1. The molecule has 4 nitrogen and oxygen atoms in total. The summed E-state index contributed by atoms with van der Waals surface area (Å²) in [5.74, 6) is -0.125. The van der Waals surface area contributed by atoms with Crippen LogP contribution >= 0.6 is 11.6 Å². The van der Waals surface area contributed by atoms with Crippen molar-refractivity contribution >= 4 is 28.8 Å². The number of rotatable bonds is 3. The summed E-state index contributed by atoms with van der Waals surface area (Å²) in [6.07, 6.45) is 4.02. The Balaban J connectivity index is 1.80. The molecular weight excluding hydrogens is 310 g/mol. The van der Waals surface area contributed by atoms with Crippen LogP contribution in [0.3, 0.4) is 0 Å². The number of aryl methyl sites for hydroxylation is 3. The lowest BCUT2D eigenvalue weighted by Crippen LogP contribution is -2.15. The van der Waals surface area contributed by atoms with E-state index in [0.717, 1.165) is 28.0 Å². The van der Waals surface area contributed by atoms with Crippen LogP contribution in [0.1, 0.15) is 22.4 Å². The number of halogens is 1. The Morgan fingerprint density at radius 1 is 1.26 bits per heavy atom. The lowest BCUT2D eigenvalue weighted by Gasteiger charge is -2.11. The van der Waals surface area contributed by atoms with Gasteiger partial charge in [-0.1, -0.05) is 23.7 Å². The fourth-order valence-electron chi connectivity index (χ4n) is 2.71. The number of carbonyl (C=O) groups excluding carboxylic acids is 1. The second-order valence-electron chi connectivity index (χ2n) is 5.82. The zero-order valence-corrected chi connectivity index (χ0v) is 14.1. The molecule has 5 heteroatoms. The van der Waals surface area contributed by atoms with Crippen LogP contribution in [-0.4, -0.2) is 15.3 Å². The second-order valence-corrected chi connectivity index (χ2v) is 6.23. The predicted molar refractivity (Wildman–Crippen MR) is 93.2 cm³/mol. The third kappa shape index (κ3) is 3.22. The zero-order valence-electron chi connectivity index (χ0n) is 13.4. The molecule has 0 aliphatic heterocycles. The van der Waals surface area contributed by atoms with E-state index in [0.29, 0.717) is 10.7 Å². The number of fused-ring (bicyclic) bond motifs is 1. The van der Waals surface area contributed by atoms with Crippen molar-refractivity contribution < 1.29 is 4.79 Å². The zero-order chi connectivity index (χ0) is 16.6. The first-order chi connectivity index (χ1) is 10.9. The SMILES string of the molecule is Cc1cc(C)c(NC(=O)Cc2cn3cccc(C)c3n2)c(Cl)c1. The topological polar surface area (TPSA) is 46.4 Å². The summed E-state index contributed by atoms with van der Waals surface area (Å²) in [4.78, 5) is 16.8. The van der Waals surface area contributed by atoms with Crippen molar-refractivity contribution in [2.75, 3.05) is 5.32 Å². The average molecular weight is 328 g/mol. The van der Waals surface area contributed by atoms with Gasteiger partial charge in [0.15, 0.2) is 0 Å². The van der Waals surface area contributed by atoms with Crippen molar-refractivity contribution in [3.05, 3.63) is 64.1 Å². The van der Waals surface area contributed by atoms with E-state index in [9.17, 15) is 4.79 Å². The first kappa shape index (κ1) is 15.6. The largest absolute Gasteiger partial charge is 0.324 e. The van der Waals surface area contributed by atoms with Gasteiger partial charge in [-0.2, -0.15) is 0 Å². The summed E-state index contributed by atoms with van der Waals surface area (Å²) in [5, 5.41) is 3.45. The molecule has 3 rings (SSSR count). The Hall–Kier alpha value is -2.33. The van der Waals surface area contributed by atoms with E-state index < -0.39 is 0 Å². The molecule has 0 radical (unpaired) electrons. The number of hydrogen-bond acceptors (Lipinski definition) is 2. The van der Waals surface area contributed by atoms with Crippen LogP contribution in [0, 0.1) is 20.8 Å².